The first-order valence-corrected chi connectivity index (χ1v) is 12.0. The highest BCUT2D eigenvalue weighted by Gasteiger charge is 2.20. The molecule has 0 spiro atoms. The fourth-order valence-corrected chi connectivity index (χ4v) is 4.69. The topological polar surface area (TPSA) is 105 Å². The second kappa shape index (κ2) is 9.43. The van der Waals surface area contributed by atoms with Crippen LogP contribution in [0.3, 0.4) is 0 Å². The van der Waals surface area contributed by atoms with Gasteiger partial charge in [0.2, 0.25) is 0 Å². The number of imidazole rings is 1. The molecule has 1 amide bonds. The number of carbonyl (C=O) groups excluding carboxylic acids is 1. The molecule has 0 bridgehead atoms. The van der Waals surface area contributed by atoms with Crippen LogP contribution in [0.4, 0.5) is 11.5 Å². The van der Waals surface area contributed by atoms with Gasteiger partial charge in [0.25, 0.3) is 5.91 Å². The van der Waals surface area contributed by atoms with Crippen molar-refractivity contribution < 1.29 is 14.3 Å². The van der Waals surface area contributed by atoms with Gasteiger partial charge in [-0.1, -0.05) is 6.07 Å². The van der Waals surface area contributed by atoms with E-state index in [1.54, 1.807) is 17.3 Å². The van der Waals surface area contributed by atoms with E-state index in [-0.39, 0.29) is 12.5 Å². The molecule has 2 aliphatic rings. The highest BCUT2D eigenvalue weighted by molar-refractivity contribution is 6.02. The maximum atomic E-state index is 12.4. The van der Waals surface area contributed by atoms with E-state index >= 15 is 0 Å². The second-order valence-corrected chi connectivity index (χ2v) is 8.90. The van der Waals surface area contributed by atoms with E-state index in [0.29, 0.717) is 37.8 Å². The van der Waals surface area contributed by atoms with Crippen molar-refractivity contribution >= 4 is 28.8 Å². The van der Waals surface area contributed by atoms with Gasteiger partial charge in [-0.2, -0.15) is 0 Å². The van der Waals surface area contributed by atoms with E-state index in [4.69, 9.17) is 19.9 Å². The number of amides is 1. The van der Waals surface area contributed by atoms with Crippen molar-refractivity contribution in [1.82, 2.24) is 19.3 Å². The van der Waals surface area contributed by atoms with Crippen LogP contribution in [0.25, 0.3) is 16.9 Å². The lowest BCUT2D eigenvalue weighted by Gasteiger charge is -2.26. The molecule has 9 heteroatoms. The van der Waals surface area contributed by atoms with Crippen LogP contribution in [0.5, 0.6) is 5.75 Å². The molecule has 1 aliphatic heterocycles. The first kappa shape index (κ1) is 22.2. The Morgan fingerprint density at radius 2 is 1.94 bits per heavy atom. The third-order valence-corrected chi connectivity index (χ3v) is 6.62. The third kappa shape index (κ3) is 4.29. The van der Waals surface area contributed by atoms with Gasteiger partial charge in [0.05, 0.1) is 19.4 Å². The van der Waals surface area contributed by atoms with Crippen molar-refractivity contribution in [2.45, 2.75) is 12.8 Å². The highest BCUT2D eigenvalue weighted by Crippen LogP contribution is 2.33. The molecule has 9 nitrogen and oxygen atoms in total. The zero-order valence-electron chi connectivity index (χ0n) is 19.7. The summed E-state index contributed by atoms with van der Waals surface area (Å²) in [4.78, 5) is 23.2. The normalized spacial score (nSPS) is 15.2. The van der Waals surface area contributed by atoms with Crippen LogP contribution in [0.1, 0.15) is 17.5 Å². The van der Waals surface area contributed by atoms with Crippen LogP contribution in [-0.4, -0.2) is 63.8 Å². The number of carbonyl (C=O) groups is 1. The van der Waals surface area contributed by atoms with Crippen molar-refractivity contribution in [3.05, 3.63) is 72.2 Å². The summed E-state index contributed by atoms with van der Waals surface area (Å²) in [7, 11) is 0. The number of hydrogen-bond acceptors (Lipinski definition) is 7. The SMILES string of the molecule is N=C1CCc2cc(Nc3c(-c4ccc(OCC(=O)N5CCOCC5)cc4)nc4cnccn34)ccc21. The fraction of sp³-hybridized carbons (Fsp3) is 0.259. The quantitative estimate of drug-likeness (QED) is 0.434. The summed E-state index contributed by atoms with van der Waals surface area (Å²) < 4.78 is 13.0. The summed E-state index contributed by atoms with van der Waals surface area (Å²) in [6.45, 7) is 2.35. The van der Waals surface area contributed by atoms with E-state index in [1.165, 1.54) is 5.56 Å². The smallest absolute Gasteiger partial charge is 0.260 e. The van der Waals surface area contributed by atoms with Gasteiger partial charge in [-0.15, -0.1) is 0 Å². The predicted molar refractivity (Wildman–Crippen MR) is 136 cm³/mol. The van der Waals surface area contributed by atoms with Gasteiger partial charge in [0, 0.05) is 42.4 Å². The van der Waals surface area contributed by atoms with Gasteiger partial charge in [-0.3, -0.25) is 14.2 Å². The van der Waals surface area contributed by atoms with Gasteiger partial charge in [0.15, 0.2) is 12.3 Å². The van der Waals surface area contributed by atoms with Crippen LogP contribution < -0.4 is 10.1 Å². The Balaban J connectivity index is 1.24. The summed E-state index contributed by atoms with van der Waals surface area (Å²) in [6, 6.07) is 13.7. The summed E-state index contributed by atoms with van der Waals surface area (Å²) in [5.74, 6) is 1.42. The Kier molecular flexibility index (Phi) is 5.82. The standard InChI is InChI=1S/C27H26N6O3/c28-23-8-3-19-15-20(4-7-22(19)23)30-27-26(31-24-16-29-9-10-33(24)27)18-1-5-21(6-2-18)36-17-25(34)32-11-13-35-14-12-32/h1-2,4-7,9-10,15-16,28,30H,3,8,11-14,17H2. The molecule has 36 heavy (non-hydrogen) atoms. The number of anilines is 2. The Labute approximate surface area is 208 Å². The zero-order chi connectivity index (χ0) is 24.5. The maximum Gasteiger partial charge on any atom is 0.260 e. The van der Waals surface area contributed by atoms with Crippen molar-refractivity contribution in [3.63, 3.8) is 0 Å². The molecule has 4 aromatic rings. The molecule has 3 heterocycles. The van der Waals surface area contributed by atoms with E-state index in [0.717, 1.165) is 46.8 Å². The number of nitrogens with zero attached hydrogens (tertiary/aromatic N) is 4. The lowest BCUT2D eigenvalue weighted by molar-refractivity contribution is -0.137. The monoisotopic (exact) mass is 482 g/mol. The van der Waals surface area contributed by atoms with Gasteiger partial charge in [0.1, 0.15) is 17.3 Å². The summed E-state index contributed by atoms with van der Waals surface area (Å²) in [5.41, 5.74) is 6.30. The molecule has 0 radical (unpaired) electrons. The molecule has 0 atom stereocenters. The van der Waals surface area contributed by atoms with E-state index in [2.05, 4.69) is 16.4 Å². The zero-order valence-corrected chi connectivity index (χ0v) is 19.7. The molecule has 1 fully saturated rings. The molecule has 182 valence electrons. The summed E-state index contributed by atoms with van der Waals surface area (Å²) in [6.07, 6.45) is 7.02. The predicted octanol–water partition coefficient (Wildman–Crippen LogP) is 3.69. The molecule has 2 aromatic heterocycles. The van der Waals surface area contributed by atoms with Crippen molar-refractivity contribution in [2.24, 2.45) is 0 Å². The van der Waals surface area contributed by atoms with E-state index < -0.39 is 0 Å². The van der Waals surface area contributed by atoms with E-state index in [1.807, 2.05) is 47.0 Å². The molecule has 2 aromatic carbocycles. The maximum absolute atomic E-state index is 12.4. The van der Waals surface area contributed by atoms with Gasteiger partial charge in [-0.05, 0) is 60.4 Å². The first-order chi connectivity index (χ1) is 17.7. The minimum absolute atomic E-state index is 0.00196. The Bertz CT molecular complexity index is 1440. The fourth-order valence-electron chi connectivity index (χ4n) is 4.69. The van der Waals surface area contributed by atoms with Crippen LogP contribution >= 0.6 is 0 Å². The highest BCUT2D eigenvalue weighted by atomic mass is 16.5. The Hall–Kier alpha value is -4.24. The minimum atomic E-state index is -0.0359. The molecule has 6 rings (SSSR count). The van der Waals surface area contributed by atoms with Gasteiger partial charge < -0.3 is 25.1 Å². The Morgan fingerprint density at radius 3 is 2.78 bits per heavy atom. The van der Waals surface area contributed by atoms with Gasteiger partial charge in [-0.25, -0.2) is 4.98 Å². The number of ether oxygens (including phenoxy) is 2. The summed E-state index contributed by atoms with van der Waals surface area (Å²) >= 11 is 0. The number of aromatic nitrogens is 3. The number of aryl methyl sites for hydroxylation is 1. The molecular weight excluding hydrogens is 456 g/mol. The Morgan fingerprint density at radius 1 is 1.11 bits per heavy atom. The van der Waals surface area contributed by atoms with Gasteiger partial charge >= 0.3 is 0 Å². The molecular formula is C27H26N6O3. The number of rotatable bonds is 6. The first-order valence-electron chi connectivity index (χ1n) is 12.0. The number of morpholine rings is 1. The lowest BCUT2D eigenvalue weighted by Crippen LogP contribution is -2.42. The van der Waals surface area contributed by atoms with Crippen molar-refractivity contribution in [1.29, 1.82) is 5.41 Å². The average molecular weight is 483 g/mol. The third-order valence-electron chi connectivity index (χ3n) is 6.62. The molecule has 1 aliphatic carbocycles. The van der Waals surface area contributed by atoms with Crippen LogP contribution in [0.15, 0.2) is 61.1 Å². The molecule has 2 N–H and O–H groups in total. The van der Waals surface area contributed by atoms with Crippen molar-refractivity contribution in [2.75, 3.05) is 38.2 Å². The van der Waals surface area contributed by atoms with Crippen molar-refractivity contribution in [3.8, 4) is 17.0 Å². The summed E-state index contributed by atoms with van der Waals surface area (Å²) in [5, 5.41) is 11.6. The molecule has 0 saturated carbocycles. The number of benzene rings is 2. The average Bonchev–Trinajstić information content (AvgIpc) is 3.48. The van der Waals surface area contributed by atoms with Crippen LogP contribution in [0.2, 0.25) is 0 Å². The van der Waals surface area contributed by atoms with E-state index in [9.17, 15) is 4.79 Å². The van der Waals surface area contributed by atoms with Crippen LogP contribution in [0, 0.1) is 5.41 Å². The van der Waals surface area contributed by atoms with Crippen LogP contribution in [-0.2, 0) is 16.0 Å². The number of hydrogen-bond donors (Lipinski definition) is 2. The number of fused-ring (bicyclic) bond motifs is 2. The molecule has 0 unspecified atom stereocenters. The minimum Gasteiger partial charge on any atom is -0.484 e. The largest absolute Gasteiger partial charge is 0.484 e. The lowest BCUT2D eigenvalue weighted by atomic mass is 10.1. The molecule has 1 saturated heterocycles. The number of nitrogens with one attached hydrogen (secondary N) is 2. The second-order valence-electron chi connectivity index (χ2n) is 8.90.